The van der Waals surface area contributed by atoms with Crippen LogP contribution in [0.15, 0.2) is 18.2 Å². The van der Waals surface area contributed by atoms with Crippen molar-refractivity contribution in [2.24, 2.45) is 5.92 Å². The van der Waals surface area contributed by atoms with Crippen molar-refractivity contribution in [2.45, 2.75) is 26.3 Å². The van der Waals surface area contributed by atoms with E-state index in [-0.39, 0.29) is 0 Å². The molecule has 0 unspecified atom stereocenters. The highest BCUT2D eigenvalue weighted by Crippen LogP contribution is 2.26. The van der Waals surface area contributed by atoms with Crippen LogP contribution in [0.5, 0.6) is 0 Å². The summed E-state index contributed by atoms with van der Waals surface area (Å²) in [6.07, 6.45) is 2.33. The predicted molar refractivity (Wildman–Crippen MR) is 85.6 cm³/mol. The normalized spacial score (nSPS) is 16.4. The second-order valence-electron chi connectivity index (χ2n) is 5.49. The molecule has 1 aromatic carbocycles. The van der Waals surface area contributed by atoms with Gasteiger partial charge in [-0.3, -0.25) is 0 Å². The highest BCUT2D eigenvalue weighted by Gasteiger charge is 2.17. The van der Waals surface area contributed by atoms with Gasteiger partial charge in [-0.15, -0.1) is 0 Å². The van der Waals surface area contributed by atoms with Crippen LogP contribution in [-0.4, -0.2) is 33.4 Å². The van der Waals surface area contributed by atoms with Crippen LogP contribution >= 0.6 is 11.6 Å². The number of benzene rings is 1. The second kappa shape index (κ2) is 7.87. The lowest BCUT2D eigenvalue weighted by atomic mass is 9.99. The van der Waals surface area contributed by atoms with Gasteiger partial charge in [0.1, 0.15) is 0 Å². The van der Waals surface area contributed by atoms with Crippen molar-refractivity contribution >= 4 is 17.3 Å². The van der Waals surface area contributed by atoms with Gasteiger partial charge in [0.15, 0.2) is 0 Å². The van der Waals surface area contributed by atoms with Gasteiger partial charge < -0.3 is 15.0 Å². The first-order valence-corrected chi connectivity index (χ1v) is 7.86. The molecule has 1 fully saturated rings. The Bertz CT molecular complexity index is 419. The Hall–Kier alpha value is -0.770. The quantitative estimate of drug-likeness (QED) is 0.871. The molecule has 0 atom stereocenters. The number of nitrogens with zero attached hydrogens (tertiary/aromatic N) is 1. The molecule has 1 heterocycles. The van der Waals surface area contributed by atoms with Gasteiger partial charge in [0.2, 0.25) is 0 Å². The highest BCUT2D eigenvalue weighted by molar-refractivity contribution is 6.30. The zero-order chi connectivity index (χ0) is 14.4. The van der Waals surface area contributed by atoms with Gasteiger partial charge in [-0.25, -0.2) is 0 Å². The standard InChI is InChI=1S/C16H25ClN2O/c1-3-18-11-14-10-15(17)4-5-16(14)19(2)12-13-6-8-20-9-7-13/h4-5,10,13,18H,3,6-9,11-12H2,1-2H3. The maximum absolute atomic E-state index is 6.13. The van der Waals surface area contributed by atoms with Gasteiger partial charge in [0, 0.05) is 44.1 Å². The Morgan fingerprint density at radius 2 is 2.10 bits per heavy atom. The van der Waals surface area contributed by atoms with Gasteiger partial charge in [0.25, 0.3) is 0 Å². The van der Waals surface area contributed by atoms with Gasteiger partial charge >= 0.3 is 0 Å². The lowest BCUT2D eigenvalue weighted by Gasteiger charge is -2.30. The topological polar surface area (TPSA) is 24.5 Å². The summed E-state index contributed by atoms with van der Waals surface area (Å²) in [6, 6.07) is 6.18. The second-order valence-corrected chi connectivity index (χ2v) is 5.93. The van der Waals surface area contributed by atoms with E-state index in [2.05, 4.69) is 36.3 Å². The first kappa shape index (κ1) is 15.6. The van der Waals surface area contributed by atoms with E-state index < -0.39 is 0 Å². The Labute approximate surface area is 127 Å². The number of nitrogens with one attached hydrogen (secondary N) is 1. The van der Waals surface area contributed by atoms with E-state index in [4.69, 9.17) is 16.3 Å². The number of anilines is 1. The first-order valence-electron chi connectivity index (χ1n) is 7.48. The van der Waals surface area contributed by atoms with Crippen molar-refractivity contribution in [3.05, 3.63) is 28.8 Å². The van der Waals surface area contributed by atoms with Gasteiger partial charge in [-0.2, -0.15) is 0 Å². The molecule has 0 aromatic heterocycles. The number of hydrogen-bond donors (Lipinski definition) is 1. The molecule has 0 bridgehead atoms. The van der Waals surface area contributed by atoms with Gasteiger partial charge in [0.05, 0.1) is 0 Å². The molecule has 0 amide bonds. The molecule has 0 saturated carbocycles. The Morgan fingerprint density at radius 1 is 1.35 bits per heavy atom. The minimum Gasteiger partial charge on any atom is -0.381 e. The summed E-state index contributed by atoms with van der Waals surface area (Å²) >= 11 is 6.13. The Kier molecular flexibility index (Phi) is 6.14. The average molecular weight is 297 g/mol. The lowest BCUT2D eigenvalue weighted by Crippen LogP contribution is -2.30. The lowest BCUT2D eigenvalue weighted by molar-refractivity contribution is 0.0685. The minimum atomic E-state index is 0.733. The molecule has 112 valence electrons. The number of hydrogen-bond acceptors (Lipinski definition) is 3. The van der Waals surface area contributed by atoms with E-state index in [9.17, 15) is 0 Å². The fourth-order valence-corrected chi connectivity index (χ4v) is 2.94. The van der Waals surface area contributed by atoms with Crippen LogP contribution in [0, 0.1) is 5.92 Å². The van der Waals surface area contributed by atoms with Crippen LogP contribution in [0.2, 0.25) is 5.02 Å². The molecule has 0 aliphatic carbocycles. The summed E-state index contributed by atoms with van der Waals surface area (Å²) in [5.74, 6) is 0.733. The third-order valence-electron chi connectivity index (χ3n) is 3.89. The van der Waals surface area contributed by atoms with E-state index in [0.717, 1.165) is 43.8 Å². The SMILES string of the molecule is CCNCc1cc(Cl)ccc1N(C)CC1CCOCC1. The monoisotopic (exact) mass is 296 g/mol. The largest absolute Gasteiger partial charge is 0.381 e. The fourth-order valence-electron chi connectivity index (χ4n) is 2.74. The van der Waals surface area contributed by atoms with E-state index in [1.54, 1.807) is 0 Å². The maximum atomic E-state index is 6.13. The third-order valence-corrected chi connectivity index (χ3v) is 4.13. The minimum absolute atomic E-state index is 0.733. The molecule has 0 radical (unpaired) electrons. The summed E-state index contributed by atoms with van der Waals surface area (Å²) in [7, 11) is 2.17. The van der Waals surface area contributed by atoms with Crippen LogP contribution in [0.3, 0.4) is 0 Å². The summed E-state index contributed by atoms with van der Waals surface area (Å²) in [4.78, 5) is 2.36. The van der Waals surface area contributed by atoms with Crippen LogP contribution in [0.25, 0.3) is 0 Å². The smallest absolute Gasteiger partial charge is 0.0469 e. The van der Waals surface area contributed by atoms with Crippen molar-refractivity contribution in [3.63, 3.8) is 0 Å². The maximum Gasteiger partial charge on any atom is 0.0469 e. The van der Waals surface area contributed by atoms with Crippen molar-refractivity contribution < 1.29 is 4.74 Å². The Balaban J connectivity index is 2.05. The number of ether oxygens (including phenoxy) is 1. The van der Waals surface area contributed by atoms with E-state index in [1.165, 1.54) is 24.1 Å². The van der Waals surface area contributed by atoms with E-state index >= 15 is 0 Å². The van der Waals surface area contributed by atoms with Crippen LogP contribution in [0.1, 0.15) is 25.3 Å². The molecular formula is C16H25ClN2O. The van der Waals surface area contributed by atoms with E-state index in [0.29, 0.717) is 0 Å². The van der Waals surface area contributed by atoms with Gasteiger partial charge in [-0.1, -0.05) is 18.5 Å². The molecule has 1 aromatic rings. The first-order chi connectivity index (χ1) is 9.70. The third kappa shape index (κ3) is 4.37. The van der Waals surface area contributed by atoms with Gasteiger partial charge in [-0.05, 0) is 49.1 Å². The molecule has 4 heteroatoms. The molecule has 1 N–H and O–H groups in total. The predicted octanol–water partition coefficient (Wildman–Crippen LogP) is 3.31. The molecule has 2 rings (SSSR count). The molecule has 0 spiro atoms. The Morgan fingerprint density at radius 3 is 2.80 bits per heavy atom. The molecule has 3 nitrogen and oxygen atoms in total. The van der Waals surface area contributed by atoms with Crippen molar-refractivity contribution in [1.29, 1.82) is 0 Å². The van der Waals surface area contributed by atoms with Crippen LogP contribution < -0.4 is 10.2 Å². The summed E-state index contributed by atoms with van der Waals surface area (Å²) in [5.41, 5.74) is 2.55. The van der Waals surface area contributed by atoms with Crippen LogP contribution in [0.4, 0.5) is 5.69 Å². The van der Waals surface area contributed by atoms with Crippen molar-refractivity contribution in [1.82, 2.24) is 5.32 Å². The molecule has 1 saturated heterocycles. The molecular weight excluding hydrogens is 272 g/mol. The van der Waals surface area contributed by atoms with Crippen molar-refractivity contribution in [3.8, 4) is 0 Å². The zero-order valence-electron chi connectivity index (χ0n) is 12.5. The summed E-state index contributed by atoms with van der Waals surface area (Å²) in [6.45, 7) is 6.85. The van der Waals surface area contributed by atoms with E-state index in [1.807, 2.05) is 6.07 Å². The molecule has 20 heavy (non-hydrogen) atoms. The number of halogens is 1. The van der Waals surface area contributed by atoms with Crippen molar-refractivity contribution in [2.75, 3.05) is 38.3 Å². The fraction of sp³-hybridized carbons (Fsp3) is 0.625. The zero-order valence-corrected chi connectivity index (χ0v) is 13.2. The number of rotatable bonds is 6. The van der Waals surface area contributed by atoms with Crippen LogP contribution in [-0.2, 0) is 11.3 Å². The molecule has 1 aliphatic heterocycles. The molecule has 1 aliphatic rings. The summed E-state index contributed by atoms with van der Waals surface area (Å²) in [5, 5.41) is 4.19. The highest BCUT2D eigenvalue weighted by atomic mass is 35.5. The summed E-state index contributed by atoms with van der Waals surface area (Å²) < 4.78 is 5.43. The average Bonchev–Trinajstić information content (AvgIpc) is 2.46.